The van der Waals surface area contributed by atoms with E-state index in [1.165, 1.54) is 6.42 Å². The third-order valence-electron chi connectivity index (χ3n) is 3.33. The number of rotatable bonds is 4. The highest BCUT2D eigenvalue weighted by Crippen LogP contribution is 2.21. The number of aliphatic carboxylic acids is 1. The number of piperidine rings is 1. The summed E-state index contributed by atoms with van der Waals surface area (Å²) in [6.45, 7) is 5.98. The van der Waals surface area contributed by atoms with Crippen LogP contribution >= 0.6 is 0 Å². The van der Waals surface area contributed by atoms with Gasteiger partial charge in [-0.05, 0) is 39.2 Å². The Morgan fingerprint density at radius 2 is 2.27 bits per heavy atom. The van der Waals surface area contributed by atoms with Gasteiger partial charge in [0, 0.05) is 18.6 Å². The molecular formula is C11H22N2O2. The lowest BCUT2D eigenvalue weighted by atomic mass is 9.91. The second kappa shape index (κ2) is 5.47. The zero-order chi connectivity index (χ0) is 11.4. The number of carboxylic acids is 1. The molecule has 3 N–H and O–H groups in total. The maximum Gasteiger partial charge on any atom is 0.304 e. The number of hydrogen-bond donors (Lipinski definition) is 2. The van der Waals surface area contributed by atoms with Crippen LogP contribution in [0.2, 0.25) is 0 Å². The van der Waals surface area contributed by atoms with Crippen molar-refractivity contribution in [3.05, 3.63) is 0 Å². The molecule has 0 amide bonds. The van der Waals surface area contributed by atoms with Crippen molar-refractivity contribution in [3.8, 4) is 0 Å². The van der Waals surface area contributed by atoms with Crippen LogP contribution in [0, 0.1) is 5.92 Å². The molecule has 88 valence electrons. The van der Waals surface area contributed by atoms with Crippen molar-refractivity contribution in [1.29, 1.82) is 0 Å². The van der Waals surface area contributed by atoms with Crippen molar-refractivity contribution < 1.29 is 9.90 Å². The molecule has 1 rings (SSSR count). The predicted octanol–water partition coefficient (Wildman–Crippen LogP) is 0.909. The first kappa shape index (κ1) is 12.5. The number of likely N-dealkylation sites (tertiary alicyclic amines) is 1. The quantitative estimate of drug-likeness (QED) is 0.730. The van der Waals surface area contributed by atoms with Crippen LogP contribution < -0.4 is 5.73 Å². The van der Waals surface area contributed by atoms with Crippen molar-refractivity contribution in [2.45, 2.75) is 45.2 Å². The van der Waals surface area contributed by atoms with Gasteiger partial charge in [0.05, 0.1) is 6.42 Å². The minimum Gasteiger partial charge on any atom is -0.481 e. The number of nitrogens with two attached hydrogens (primary N) is 1. The van der Waals surface area contributed by atoms with E-state index < -0.39 is 5.97 Å². The SMILES string of the molecule is CC(N)C1CCCN(C(C)CC(=O)O)C1. The highest BCUT2D eigenvalue weighted by atomic mass is 16.4. The van der Waals surface area contributed by atoms with Crippen molar-refractivity contribution in [1.82, 2.24) is 4.90 Å². The number of carboxylic acid groups (broad SMARTS) is 1. The molecule has 3 unspecified atom stereocenters. The van der Waals surface area contributed by atoms with Gasteiger partial charge in [-0.2, -0.15) is 0 Å². The van der Waals surface area contributed by atoms with Gasteiger partial charge >= 0.3 is 5.97 Å². The first-order valence-corrected chi connectivity index (χ1v) is 5.72. The molecule has 15 heavy (non-hydrogen) atoms. The largest absolute Gasteiger partial charge is 0.481 e. The summed E-state index contributed by atoms with van der Waals surface area (Å²) in [6.07, 6.45) is 2.54. The number of hydrogen-bond acceptors (Lipinski definition) is 3. The summed E-state index contributed by atoms with van der Waals surface area (Å²) in [5.74, 6) is -0.194. The molecule has 1 aliphatic rings. The van der Waals surface area contributed by atoms with Crippen molar-refractivity contribution in [2.75, 3.05) is 13.1 Å². The lowest BCUT2D eigenvalue weighted by Crippen LogP contribution is -2.46. The Morgan fingerprint density at radius 3 is 2.80 bits per heavy atom. The zero-order valence-electron chi connectivity index (χ0n) is 9.65. The Hall–Kier alpha value is -0.610. The maximum absolute atomic E-state index is 10.6. The molecular weight excluding hydrogens is 192 g/mol. The van der Waals surface area contributed by atoms with Gasteiger partial charge < -0.3 is 10.8 Å². The van der Waals surface area contributed by atoms with Gasteiger partial charge in [0.15, 0.2) is 0 Å². The van der Waals surface area contributed by atoms with E-state index in [0.29, 0.717) is 5.92 Å². The van der Waals surface area contributed by atoms with E-state index in [1.54, 1.807) is 0 Å². The summed E-state index contributed by atoms with van der Waals surface area (Å²) >= 11 is 0. The van der Waals surface area contributed by atoms with Gasteiger partial charge in [-0.1, -0.05) is 0 Å². The number of carbonyl (C=O) groups is 1. The average Bonchev–Trinajstić information content (AvgIpc) is 2.17. The van der Waals surface area contributed by atoms with Gasteiger partial charge in [0.2, 0.25) is 0 Å². The highest BCUT2D eigenvalue weighted by Gasteiger charge is 2.26. The normalized spacial score (nSPS) is 27.3. The second-order valence-electron chi connectivity index (χ2n) is 4.70. The molecule has 1 aliphatic heterocycles. The average molecular weight is 214 g/mol. The molecule has 0 radical (unpaired) electrons. The van der Waals surface area contributed by atoms with E-state index in [-0.39, 0.29) is 18.5 Å². The topological polar surface area (TPSA) is 66.6 Å². The summed E-state index contributed by atoms with van der Waals surface area (Å²) in [5, 5.41) is 8.74. The van der Waals surface area contributed by atoms with Crippen LogP contribution in [0.3, 0.4) is 0 Å². The van der Waals surface area contributed by atoms with E-state index in [0.717, 1.165) is 19.5 Å². The minimum absolute atomic E-state index is 0.129. The number of nitrogens with zero attached hydrogens (tertiary/aromatic N) is 1. The van der Waals surface area contributed by atoms with Crippen LogP contribution in [0.25, 0.3) is 0 Å². The third kappa shape index (κ3) is 3.80. The van der Waals surface area contributed by atoms with Crippen LogP contribution in [0.1, 0.15) is 33.1 Å². The monoisotopic (exact) mass is 214 g/mol. The molecule has 0 saturated carbocycles. The molecule has 1 fully saturated rings. The molecule has 4 heteroatoms. The van der Waals surface area contributed by atoms with Crippen molar-refractivity contribution >= 4 is 5.97 Å². The van der Waals surface area contributed by atoms with Gasteiger partial charge in [-0.15, -0.1) is 0 Å². The molecule has 4 nitrogen and oxygen atoms in total. The maximum atomic E-state index is 10.6. The minimum atomic E-state index is -0.717. The molecule has 0 bridgehead atoms. The fourth-order valence-electron chi connectivity index (χ4n) is 2.25. The smallest absolute Gasteiger partial charge is 0.304 e. The summed E-state index contributed by atoms with van der Waals surface area (Å²) in [5.41, 5.74) is 5.89. The van der Waals surface area contributed by atoms with Gasteiger partial charge in [-0.3, -0.25) is 9.69 Å². The lowest BCUT2D eigenvalue weighted by Gasteiger charge is -2.37. The van der Waals surface area contributed by atoms with Gasteiger partial charge in [0.1, 0.15) is 0 Å². The first-order chi connectivity index (χ1) is 7.00. The Bertz CT molecular complexity index is 219. The highest BCUT2D eigenvalue weighted by molar-refractivity contribution is 5.67. The first-order valence-electron chi connectivity index (χ1n) is 5.72. The van der Waals surface area contributed by atoms with E-state index >= 15 is 0 Å². The zero-order valence-corrected chi connectivity index (χ0v) is 9.65. The lowest BCUT2D eigenvalue weighted by molar-refractivity contribution is -0.138. The van der Waals surface area contributed by atoms with Gasteiger partial charge in [0.25, 0.3) is 0 Å². The van der Waals surface area contributed by atoms with Gasteiger partial charge in [-0.25, -0.2) is 0 Å². The van der Waals surface area contributed by atoms with Crippen LogP contribution in [-0.4, -0.2) is 41.1 Å². The van der Waals surface area contributed by atoms with Crippen molar-refractivity contribution in [3.63, 3.8) is 0 Å². The van der Waals surface area contributed by atoms with Crippen LogP contribution in [0.5, 0.6) is 0 Å². The third-order valence-corrected chi connectivity index (χ3v) is 3.33. The van der Waals surface area contributed by atoms with Crippen molar-refractivity contribution in [2.24, 2.45) is 11.7 Å². The summed E-state index contributed by atoms with van der Waals surface area (Å²) in [6, 6.07) is 0.342. The Kier molecular flexibility index (Phi) is 4.54. The Morgan fingerprint density at radius 1 is 1.60 bits per heavy atom. The van der Waals surface area contributed by atoms with E-state index in [2.05, 4.69) is 4.90 Å². The van der Waals surface area contributed by atoms with E-state index in [9.17, 15) is 4.79 Å². The Balaban J connectivity index is 2.44. The molecule has 0 spiro atoms. The predicted molar refractivity (Wildman–Crippen MR) is 59.7 cm³/mol. The molecule has 0 aromatic carbocycles. The molecule has 0 aliphatic carbocycles. The van der Waals surface area contributed by atoms with E-state index in [1.807, 2.05) is 13.8 Å². The fraction of sp³-hybridized carbons (Fsp3) is 0.909. The standard InChI is InChI=1S/C11H22N2O2/c1-8(6-11(14)15)13-5-3-4-10(7-13)9(2)12/h8-10H,3-7,12H2,1-2H3,(H,14,15). The van der Waals surface area contributed by atoms with Crippen LogP contribution in [0.15, 0.2) is 0 Å². The molecule has 0 aromatic rings. The summed E-state index contributed by atoms with van der Waals surface area (Å²) < 4.78 is 0. The van der Waals surface area contributed by atoms with Crippen LogP contribution in [-0.2, 0) is 4.79 Å². The fourth-order valence-corrected chi connectivity index (χ4v) is 2.25. The van der Waals surface area contributed by atoms with E-state index in [4.69, 9.17) is 10.8 Å². The molecule has 3 atom stereocenters. The molecule has 1 saturated heterocycles. The second-order valence-corrected chi connectivity index (χ2v) is 4.70. The summed E-state index contributed by atoms with van der Waals surface area (Å²) in [4.78, 5) is 12.9. The molecule has 1 heterocycles. The molecule has 0 aromatic heterocycles. The Labute approximate surface area is 91.4 Å². The summed E-state index contributed by atoms with van der Waals surface area (Å²) in [7, 11) is 0. The van der Waals surface area contributed by atoms with Crippen LogP contribution in [0.4, 0.5) is 0 Å².